The number of ketones is 1. The first kappa shape index (κ1) is 8.52. The van der Waals surface area contributed by atoms with Gasteiger partial charge in [-0.15, -0.1) is 0 Å². The van der Waals surface area contributed by atoms with Crippen LogP contribution in [0.4, 0.5) is 13.2 Å². The quantitative estimate of drug-likeness (QED) is 0.544. The van der Waals surface area contributed by atoms with Crippen LogP contribution in [-0.2, 0) is 9.53 Å². The summed E-state index contributed by atoms with van der Waals surface area (Å²) >= 11 is 0. The van der Waals surface area contributed by atoms with Crippen molar-refractivity contribution in [3.8, 4) is 0 Å². The van der Waals surface area contributed by atoms with Crippen LogP contribution in [0.2, 0.25) is 0 Å². The maximum atomic E-state index is 11.8. The number of rotatable bonds is 0. The van der Waals surface area contributed by atoms with Crippen molar-refractivity contribution in [3.63, 3.8) is 0 Å². The van der Waals surface area contributed by atoms with Crippen molar-refractivity contribution in [3.05, 3.63) is 0 Å². The van der Waals surface area contributed by atoms with Crippen LogP contribution >= 0.6 is 0 Å². The van der Waals surface area contributed by atoms with E-state index in [1.54, 1.807) is 0 Å². The standard InChI is InChI=1S/C6H7F3O2/c7-6(8,9)5-4(10)2-1-3-11-5/h5H,1-3H2. The van der Waals surface area contributed by atoms with Crippen molar-refractivity contribution in [2.45, 2.75) is 25.1 Å². The van der Waals surface area contributed by atoms with Crippen molar-refractivity contribution in [2.24, 2.45) is 0 Å². The third-order valence-corrected chi connectivity index (χ3v) is 1.44. The van der Waals surface area contributed by atoms with E-state index in [0.29, 0.717) is 6.42 Å². The number of halogens is 3. The molecule has 1 atom stereocenters. The topological polar surface area (TPSA) is 26.3 Å². The van der Waals surface area contributed by atoms with Gasteiger partial charge in [0.15, 0.2) is 5.78 Å². The molecule has 11 heavy (non-hydrogen) atoms. The molecule has 1 saturated heterocycles. The number of carbonyl (C=O) groups is 1. The summed E-state index contributed by atoms with van der Waals surface area (Å²) in [6.07, 6.45) is -6.33. The van der Waals surface area contributed by atoms with Crippen LogP contribution in [0.15, 0.2) is 0 Å². The SMILES string of the molecule is O=C1CCCOC1C(F)(F)F. The molecule has 0 aromatic rings. The number of hydrogen-bond acceptors (Lipinski definition) is 2. The lowest BCUT2D eigenvalue weighted by Crippen LogP contribution is -2.41. The van der Waals surface area contributed by atoms with Crippen LogP contribution < -0.4 is 0 Å². The third kappa shape index (κ3) is 1.92. The lowest BCUT2D eigenvalue weighted by atomic mass is 10.1. The van der Waals surface area contributed by atoms with Gasteiger partial charge in [-0.2, -0.15) is 13.2 Å². The Bertz CT molecular complexity index is 164. The number of Topliss-reactive ketones (excluding diaryl/α,β-unsaturated/α-hetero) is 1. The molecule has 1 rings (SSSR count). The lowest BCUT2D eigenvalue weighted by molar-refractivity contribution is -0.223. The summed E-state index contributed by atoms with van der Waals surface area (Å²) in [7, 11) is 0. The van der Waals surface area contributed by atoms with Crippen molar-refractivity contribution in [2.75, 3.05) is 6.61 Å². The van der Waals surface area contributed by atoms with Gasteiger partial charge < -0.3 is 4.74 Å². The van der Waals surface area contributed by atoms with Crippen LogP contribution in [0.3, 0.4) is 0 Å². The molecule has 0 bridgehead atoms. The third-order valence-electron chi connectivity index (χ3n) is 1.44. The maximum Gasteiger partial charge on any atom is 0.421 e. The van der Waals surface area contributed by atoms with E-state index in [1.165, 1.54) is 0 Å². The number of hydrogen-bond donors (Lipinski definition) is 0. The van der Waals surface area contributed by atoms with Crippen molar-refractivity contribution in [1.82, 2.24) is 0 Å². The second kappa shape index (κ2) is 2.81. The van der Waals surface area contributed by atoms with Gasteiger partial charge in [0.2, 0.25) is 6.10 Å². The molecule has 5 heteroatoms. The van der Waals surface area contributed by atoms with E-state index >= 15 is 0 Å². The molecule has 0 aromatic heterocycles. The zero-order valence-corrected chi connectivity index (χ0v) is 5.65. The van der Waals surface area contributed by atoms with Crippen LogP contribution in [0, 0.1) is 0 Å². The molecular formula is C6H7F3O2. The summed E-state index contributed by atoms with van der Waals surface area (Å²) in [5.74, 6) is -0.858. The largest absolute Gasteiger partial charge is 0.421 e. The smallest absolute Gasteiger partial charge is 0.361 e. The Morgan fingerprint density at radius 3 is 2.45 bits per heavy atom. The predicted molar refractivity (Wildman–Crippen MR) is 30.0 cm³/mol. The van der Waals surface area contributed by atoms with E-state index in [9.17, 15) is 18.0 Å². The molecule has 1 heterocycles. The van der Waals surface area contributed by atoms with Crippen LogP contribution in [0.1, 0.15) is 12.8 Å². The normalized spacial score (nSPS) is 27.2. The average Bonchev–Trinajstić information content (AvgIpc) is 1.86. The van der Waals surface area contributed by atoms with Gasteiger partial charge in [0.25, 0.3) is 0 Å². The van der Waals surface area contributed by atoms with Gasteiger partial charge >= 0.3 is 6.18 Å². The van der Waals surface area contributed by atoms with E-state index in [2.05, 4.69) is 4.74 Å². The van der Waals surface area contributed by atoms with Gasteiger partial charge in [-0.3, -0.25) is 4.79 Å². The van der Waals surface area contributed by atoms with Crippen LogP contribution in [0.5, 0.6) is 0 Å². The highest BCUT2D eigenvalue weighted by Gasteiger charge is 2.46. The van der Waals surface area contributed by atoms with Gasteiger partial charge in [-0.05, 0) is 6.42 Å². The minimum absolute atomic E-state index is 0.0236. The Labute approximate surface area is 61.3 Å². The van der Waals surface area contributed by atoms with E-state index in [0.717, 1.165) is 0 Å². The summed E-state index contributed by atoms with van der Waals surface area (Å²) in [5, 5.41) is 0. The summed E-state index contributed by atoms with van der Waals surface area (Å²) in [4.78, 5) is 10.6. The van der Waals surface area contributed by atoms with Gasteiger partial charge in [-0.1, -0.05) is 0 Å². The molecule has 1 aliphatic heterocycles. The first-order chi connectivity index (χ1) is 5.02. The summed E-state index contributed by atoms with van der Waals surface area (Å²) in [5.41, 5.74) is 0. The summed E-state index contributed by atoms with van der Waals surface area (Å²) in [6.45, 7) is 0.0237. The van der Waals surface area contributed by atoms with E-state index in [-0.39, 0.29) is 13.0 Å². The van der Waals surface area contributed by atoms with E-state index < -0.39 is 18.1 Å². The minimum atomic E-state index is -4.53. The fraction of sp³-hybridized carbons (Fsp3) is 0.833. The van der Waals surface area contributed by atoms with Gasteiger partial charge in [0.05, 0.1) is 0 Å². The molecule has 0 saturated carbocycles. The minimum Gasteiger partial charge on any atom is -0.361 e. The Kier molecular flexibility index (Phi) is 2.17. The van der Waals surface area contributed by atoms with E-state index in [4.69, 9.17) is 0 Å². The molecule has 1 aliphatic rings. The second-order valence-electron chi connectivity index (χ2n) is 2.36. The molecule has 0 spiro atoms. The Balaban J connectivity index is 2.62. The molecule has 0 aromatic carbocycles. The van der Waals surface area contributed by atoms with Crippen molar-refractivity contribution in [1.29, 1.82) is 0 Å². The lowest BCUT2D eigenvalue weighted by Gasteiger charge is -2.23. The number of ether oxygens (including phenoxy) is 1. The molecule has 0 N–H and O–H groups in total. The van der Waals surface area contributed by atoms with Crippen LogP contribution in [-0.4, -0.2) is 24.7 Å². The molecular weight excluding hydrogens is 161 g/mol. The highest BCUT2D eigenvalue weighted by Crippen LogP contribution is 2.27. The molecule has 0 radical (unpaired) electrons. The van der Waals surface area contributed by atoms with Crippen molar-refractivity contribution >= 4 is 5.78 Å². The van der Waals surface area contributed by atoms with Gasteiger partial charge in [0.1, 0.15) is 0 Å². The second-order valence-corrected chi connectivity index (χ2v) is 2.36. The van der Waals surface area contributed by atoms with Gasteiger partial charge in [-0.25, -0.2) is 0 Å². The molecule has 64 valence electrons. The van der Waals surface area contributed by atoms with E-state index in [1.807, 2.05) is 0 Å². The molecule has 2 nitrogen and oxygen atoms in total. The number of alkyl halides is 3. The highest BCUT2D eigenvalue weighted by atomic mass is 19.4. The zero-order valence-electron chi connectivity index (χ0n) is 5.65. The zero-order chi connectivity index (χ0) is 8.48. The Hall–Kier alpha value is -0.580. The molecule has 0 aliphatic carbocycles. The molecule has 1 fully saturated rings. The maximum absolute atomic E-state index is 11.8. The fourth-order valence-corrected chi connectivity index (χ4v) is 0.949. The van der Waals surface area contributed by atoms with Crippen LogP contribution in [0.25, 0.3) is 0 Å². The summed E-state index contributed by atoms with van der Waals surface area (Å²) in [6, 6.07) is 0. The molecule has 1 unspecified atom stereocenters. The first-order valence-electron chi connectivity index (χ1n) is 3.23. The van der Waals surface area contributed by atoms with Gasteiger partial charge in [0, 0.05) is 13.0 Å². The predicted octanol–water partition coefficient (Wildman–Crippen LogP) is 1.30. The Morgan fingerprint density at radius 1 is 1.45 bits per heavy atom. The monoisotopic (exact) mass is 168 g/mol. The fourth-order valence-electron chi connectivity index (χ4n) is 0.949. The molecule has 0 amide bonds. The number of carbonyl (C=O) groups excluding carboxylic acids is 1. The highest BCUT2D eigenvalue weighted by molar-refractivity contribution is 5.84. The summed E-state index contributed by atoms with van der Waals surface area (Å²) < 4.78 is 39.8. The van der Waals surface area contributed by atoms with Crippen molar-refractivity contribution < 1.29 is 22.7 Å². The Morgan fingerprint density at radius 2 is 2.09 bits per heavy atom. The average molecular weight is 168 g/mol. The first-order valence-corrected chi connectivity index (χ1v) is 3.23.